The number of nitrogens with two attached hydrogens (primary N) is 1. The number of piperazine rings is 1. The minimum absolute atomic E-state index is 0.223. The van der Waals surface area contributed by atoms with E-state index in [1.165, 1.54) is 11.1 Å². The van der Waals surface area contributed by atoms with Gasteiger partial charge in [-0.2, -0.15) is 0 Å². The van der Waals surface area contributed by atoms with Gasteiger partial charge in [-0.1, -0.05) is 31.2 Å². The van der Waals surface area contributed by atoms with E-state index < -0.39 is 0 Å². The fourth-order valence-corrected chi connectivity index (χ4v) is 2.96. The lowest BCUT2D eigenvalue weighted by Crippen LogP contribution is -2.51. The molecule has 2 rings (SSSR count). The number of hydrogen-bond acceptors (Lipinski definition) is 4. The van der Waals surface area contributed by atoms with Crippen LogP contribution >= 0.6 is 0 Å². The number of hydrazine groups is 1. The standard InChI is InChI=1S/C16H28N4/c1-4-13-6-5-7-14(10-13)16(18-17)11-15-12-19(2)8-9-20(15)3/h5-7,10,15-16,18H,4,8-9,11-12,17H2,1-3H3. The fraction of sp³-hybridized carbons (Fsp3) is 0.625. The zero-order valence-corrected chi connectivity index (χ0v) is 13.0. The molecule has 0 bridgehead atoms. The minimum Gasteiger partial charge on any atom is -0.304 e. The molecule has 1 aromatic carbocycles. The molecule has 0 radical (unpaired) electrons. The van der Waals surface area contributed by atoms with Gasteiger partial charge >= 0.3 is 0 Å². The van der Waals surface area contributed by atoms with E-state index in [1.807, 2.05) is 0 Å². The zero-order chi connectivity index (χ0) is 14.5. The molecule has 4 heteroatoms. The molecule has 0 aromatic heterocycles. The molecule has 112 valence electrons. The average molecular weight is 276 g/mol. The van der Waals surface area contributed by atoms with E-state index in [1.54, 1.807) is 0 Å². The molecule has 0 amide bonds. The van der Waals surface area contributed by atoms with Gasteiger partial charge in [-0.25, -0.2) is 0 Å². The highest BCUT2D eigenvalue weighted by molar-refractivity contribution is 5.26. The Hall–Kier alpha value is -0.940. The zero-order valence-electron chi connectivity index (χ0n) is 13.0. The van der Waals surface area contributed by atoms with Crippen molar-refractivity contribution in [2.24, 2.45) is 5.84 Å². The Kier molecular flexibility index (Phi) is 5.54. The molecule has 0 aliphatic carbocycles. The lowest BCUT2D eigenvalue weighted by molar-refractivity contribution is 0.101. The Morgan fingerprint density at radius 1 is 1.35 bits per heavy atom. The van der Waals surface area contributed by atoms with Crippen molar-refractivity contribution in [1.82, 2.24) is 15.2 Å². The first-order valence-corrected chi connectivity index (χ1v) is 7.57. The van der Waals surface area contributed by atoms with Crippen LogP contribution in [0.3, 0.4) is 0 Å². The van der Waals surface area contributed by atoms with Crippen LogP contribution in [0, 0.1) is 0 Å². The minimum atomic E-state index is 0.223. The van der Waals surface area contributed by atoms with E-state index in [9.17, 15) is 0 Å². The van der Waals surface area contributed by atoms with Crippen LogP contribution in [-0.2, 0) is 6.42 Å². The molecule has 4 nitrogen and oxygen atoms in total. The Morgan fingerprint density at radius 2 is 2.15 bits per heavy atom. The van der Waals surface area contributed by atoms with Crippen molar-refractivity contribution in [3.63, 3.8) is 0 Å². The molecule has 0 saturated carbocycles. The molecule has 1 aliphatic rings. The largest absolute Gasteiger partial charge is 0.304 e. The van der Waals surface area contributed by atoms with Gasteiger partial charge in [0, 0.05) is 31.7 Å². The van der Waals surface area contributed by atoms with Crippen LogP contribution in [0.2, 0.25) is 0 Å². The van der Waals surface area contributed by atoms with E-state index in [0.29, 0.717) is 6.04 Å². The molecule has 3 N–H and O–H groups in total. The maximum Gasteiger partial charge on any atom is 0.0475 e. The molecule has 2 unspecified atom stereocenters. The van der Waals surface area contributed by atoms with E-state index in [-0.39, 0.29) is 6.04 Å². The molecule has 1 aliphatic heterocycles. The van der Waals surface area contributed by atoms with Crippen molar-refractivity contribution in [2.75, 3.05) is 33.7 Å². The summed E-state index contributed by atoms with van der Waals surface area (Å²) in [5.41, 5.74) is 5.68. The lowest BCUT2D eigenvalue weighted by Gasteiger charge is -2.39. The predicted octanol–water partition coefficient (Wildman–Crippen LogP) is 1.39. The van der Waals surface area contributed by atoms with Gasteiger partial charge in [-0.05, 0) is 38.1 Å². The van der Waals surface area contributed by atoms with Gasteiger partial charge < -0.3 is 9.80 Å². The summed E-state index contributed by atoms with van der Waals surface area (Å²) in [5.74, 6) is 5.81. The first kappa shape index (κ1) is 15.4. The molecule has 1 fully saturated rings. The second kappa shape index (κ2) is 7.18. The van der Waals surface area contributed by atoms with Gasteiger partial charge in [-0.15, -0.1) is 0 Å². The summed E-state index contributed by atoms with van der Waals surface area (Å²) in [7, 11) is 4.41. The quantitative estimate of drug-likeness (QED) is 0.630. The number of nitrogens with zero attached hydrogens (tertiary/aromatic N) is 2. The summed E-state index contributed by atoms with van der Waals surface area (Å²) in [5, 5.41) is 0. The summed E-state index contributed by atoms with van der Waals surface area (Å²) in [6.07, 6.45) is 2.11. The summed E-state index contributed by atoms with van der Waals surface area (Å²) in [4.78, 5) is 4.86. The third kappa shape index (κ3) is 3.79. The van der Waals surface area contributed by atoms with E-state index in [2.05, 4.69) is 60.5 Å². The third-order valence-corrected chi connectivity index (χ3v) is 4.45. The van der Waals surface area contributed by atoms with Gasteiger partial charge in [-0.3, -0.25) is 11.3 Å². The first-order valence-electron chi connectivity index (χ1n) is 7.57. The second-order valence-corrected chi connectivity index (χ2v) is 5.95. The molecule has 20 heavy (non-hydrogen) atoms. The molecule has 1 heterocycles. The summed E-state index contributed by atoms with van der Waals surface area (Å²) in [6, 6.07) is 9.54. The van der Waals surface area contributed by atoms with Crippen LogP contribution < -0.4 is 11.3 Å². The van der Waals surface area contributed by atoms with Crippen LogP contribution in [0.15, 0.2) is 24.3 Å². The van der Waals surface area contributed by atoms with Crippen LogP contribution in [0.5, 0.6) is 0 Å². The topological polar surface area (TPSA) is 44.5 Å². The van der Waals surface area contributed by atoms with Crippen molar-refractivity contribution < 1.29 is 0 Å². The number of hydrogen-bond donors (Lipinski definition) is 2. The SMILES string of the molecule is CCc1cccc(C(CC2CN(C)CCN2C)NN)c1. The van der Waals surface area contributed by atoms with E-state index in [0.717, 1.165) is 32.5 Å². The second-order valence-electron chi connectivity index (χ2n) is 5.95. The van der Waals surface area contributed by atoms with Crippen molar-refractivity contribution >= 4 is 0 Å². The van der Waals surface area contributed by atoms with Crippen molar-refractivity contribution in [2.45, 2.75) is 31.8 Å². The smallest absolute Gasteiger partial charge is 0.0475 e. The maximum absolute atomic E-state index is 5.81. The molecular formula is C16H28N4. The number of aryl methyl sites for hydroxylation is 1. The van der Waals surface area contributed by atoms with Crippen LogP contribution in [0.1, 0.15) is 30.5 Å². The number of nitrogens with one attached hydrogen (secondary N) is 1. The summed E-state index contributed by atoms with van der Waals surface area (Å²) in [6.45, 7) is 5.59. The molecule has 0 spiro atoms. The van der Waals surface area contributed by atoms with Gasteiger partial charge in [0.15, 0.2) is 0 Å². The predicted molar refractivity (Wildman–Crippen MR) is 84.4 cm³/mol. The molecular weight excluding hydrogens is 248 g/mol. The Morgan fingerprint density at radius 3 is 2.85 bits per heavy atom. The monoisotopic (exact) mass is 276 g/mol. The van der Waals surface area contributed by atoms with E-state index >= 15 is 0 Å². The Bertz CT molecular complexity index is 421. The molecule has 2 atom stereocenters. The van der Waals surface area contributed by atoms with Crippen LogP contribution in [0.25, 0.3) is 0 Å². The van der Waals surface area contributed by atoms with Crippen molar-refractivity contribution in [3.05, 3.63) is 35.4 Å². The number of likely N-dealkylation sites (N-methyl/N-ethyl adjacent to an activating group) is 2. The number of rotatable bonds is 5. The highest BCUT2D eigenvalue weighted by Gasteiger charge is 2.25. The lowest BCUT2D eigenvalue weighted by atomic mass is 9.96. The normalized spacial score (nSPS) is 22.9. The molecule has 1 aromatic rings. The fourth-order valence-electron chi connectivity index (χ4n) is 2.96. The highest BCUT2D eigenvalue weighted by atomic mass is 15.3. The Balaban J connectivity index is 2.07. The highest BCUT2D eigenvalue weighted by Crippen LogP contribution is 2.22. The van der Waals surface area contributed by atoms with E-state index in [4.69, 9.17) is 5.84 Å². The summed E-state index contributed by atoms with van der Waals surface area (Å²) >= 11 is 0. The van der Waals surface area contributed by atoms with Gasteiger partial charge in [0.25, 0.3) is 0 Å². The van der Waals surface area contributed by atoms with Crippen LogP contribution in [0.4, 0.5) is 0 Å². The van der Waals surface area contributed by atoms with Gasteiger partial charge in [0.2, 0.25) is 0 Å². The maximum atomic E-state index is 5.81. The van der Waals surface area contributed by atoms with Crippen LogP contribution in [-0.4, -0.2) is 49.6 Å². The van der Waals surface area contributed by atoms with Gasteiger partial charge in [0.1, 0.15) is 0 Å². The van der Waals surface area contributed by atoms with Gasteiger partial charge in [0.05, 0.1) is 0 Å². The van der Waals surface area contributed by atoms with Crippen molar-refractivity contribution in [1.29, 1.82) is 0 Å². The van der Waals surface area contributed by atoms with Crippen molar-refractivity contribution in [3.8, 4) is 0 Å². The number of benzene rings is 1. The average Bonchev–Trinajstić information content (AvgIpc) is 2.48. The third-order valence-electron chi connectivity index (χ3n) is 4.45. The Labute approximate surface area is 122 Å². The molecule has 1 saturated heterocycles. The summed E-state index contributed by atoms with van der Waals surface area (Å²) < 4.78 is 0. The first-order chi connectivity index (χ1) is 9.63.